The number of aryl methyl sites for hydroxylation is 2. The molecular formula is C27H31F2NO4S. The van der Waals surface area contributed by atoms with Gasteiger partial charge in [-0.05, 0) is 62.3 Å². The number of thiophene rings is 1. The van der Waals surface area contributed by atoms with Crippen LogP contribution >= 0.6 is 11.3 Å². The van der Waals surface area contributed by atoms with Crippen molar-refractivity contribution in [1.29, 1.82) is 0 Å². The third-order valence-corrected chi connectivity index (χ3v) is 7.54. The normalized spacial score (nSPS) is 18.7. The quantitative estimate of drug-likeness (QED) is 0.440. The molecule has 188 valence electrons. The Kier molecular flexibility index (Phi) is 9.03. The zero-order valence-electron chi connectivity index (χ0n) is 20.0. The lowest BCUT2D eigenvalue weighted by molar-refractivity contribution is -0.148. The summed E-state index contributed by atoms with van der Waals surface area (Å²) in [5.74, 6) is 0.309. The Balaban J connectivity index is 1.52. The van der Waals surface area contributed by atoms with E-state index in [-0.39, 0.29) is 17.3 Å². The molecule has 8 heteroatoms. The zero-order chi connectivity index (χ0) is 25.6. The van der Waals surface area contributed by atoms with Gasteiger partial charge in [0.05, 0.1) is 6.10 Å². The molecule has 1 fully saturated rings. The average Bonchev–Trinajstić information content (AvgIpc) is 3.36. The van der Waals surface area contributed by atoms with Crippen molar-refractivity contribution < 1.29 is 28.6 Å². The molecule has 35 heavy (non-hydrogen) atoms. The van der Waals surface area contributed by atoms with Gasteiger partial charge in [-0.1, -0.05) is 37.0 Å². The first-order valence-corrected chi connectivity index (χ1v) is 12.6. The number of hydrogen-bond acceptors (Lipinski definition) is 4. The van der Waals surface area contributed by atoms with Gasteiger partial charge in [0, 0.05) is 35.9 Å². The fourth-order valence-corrected chi connectivity index (χ4v) is 5.35. The summed E-state index contributed by atoms with van der Waals surface area (Å²) in [5, 5.41) is 19.5. The number of benzene rings is 1. The van der Waals surface area contributed by atoms with Crippen molar-refractivity contribution in [2.75, 3.05) is 6.54 Å². The molecule has 1 aliphatic heterocycles. The van der Waals surface area contributed by atoms with Crippen LogP contribution in [-0.4, -0.2) is 51.6 Å². The predicted molar refractivity (Wildman–Crippen MR) is 132 cm³/mol. The smallest absolute Gasteiger partial charge is 0.345 e. The van der Waals surface area contributed by atoms with Crippen LogP contribution in [0.1, 0.15) is 64.7 Å². The molecule has 1 saturated heterocycles. The van der Waals surface area contributed by atoms with E-state index in [1.807, 2.05) is 31.2 Å². The van der Waals surface area contributed by atoms with Crippen molar-refractivity contribution in [3.63, 3.8) is 0 Å². The number of likely N-dealkylation sites (tertiary alicyclic amines) is 1. The monoisotopic (exact) mass is 503 g/mol. The number of carbonyl (C=O) groups excluding carboxylic acids is 1. The number of carboxylic acid groups (broad SMARTS) is 1. The van der Waals surface area contributed by atoms with Crippen molar-refractivity contribution in [3.05, 3.63) is 57.3 Å². The highest BCUT2D eigenvalue weighted by molar-refractivity contribution is 7.13. The van der Waals surface area contributed by atoms with Crippen LogP contribution in [0.5, 0.6) is 0 Å². The van der Waals surface area contributed by atoms with Crippen molar-refractivity contribution in [2.45, 2.75) is 70.4 Å². The number of rotatable bonds is 10. The Morgan fingerprint density at radius 3 is 2.71 bits per heavy atom. The van der Waals surface area contributed by atoms with Crippen LogP contribution in [0.3, 0.4) is 0 Å². The average molecular weight is 504 g/mol. The molecule has 5 nitrogen and oxygen atoms in total. The van der Waals surface area contributed by atoms with Crippen LogP contribution in [0, 0.1) is 24.7 Å². The molecule has 1 aromatic carbocycles. The summed E-state index contributed by atoms with van der Waals surface area (Å²) in [6, 6.07) is 10.4. The van der Waals surface area contributed by atoms with Gasteiger partial charge in [-0.2, -0.15) is 8.78 Å². The van der Waals surface area contributed by atoms with Crippen LogP contribution in [0.4, 0.5) is 8.78 Å². The van der Waals surface area contributed by atoms with E-state index in [1.54, 1.807) is 13.0 Å². The van der Waals surface area contributed by atoms with E-state index in [1.165, 1.54) is 11.0 Å². The summed E-state index contributed by atoms with van der Waals surface area (Å²) in [5.41, 5.74) is 2.03. The third-order valence-electron chi connectivity index (χ3n) is 6.41. The number of amides is 1. The lowest BCUT2D eigenvalue weighted by atomic mass is 9.91. The number of carboxylic acids is 1. The molecule has 0 bridgehead atoms. The Hall–Kier alpha value is -2.76. The van der Waals surface area contributed by atoms with E-state index in [4.69, 9.17) is 5.11 Å². The van der Waals surface area contributed by atoms with E-state index in [0.717, 1.165) is 27.3 Å². The van der Waals surface area contributed by atoms with Gasteiger partial charge in [0.1, 0.15) is 4.88 Å². The Morgan fingerprint density at radius 1 is 1.29 bits per heavy atom. The molecule has 3 rings (SSSR count). The second kappa shape index (κ2) is 11.8. The van der Waals surface area contributed by atoms with E-state index >= 15 is 0 Å². The maximum absolute atomic E-state index is 14.3. The number of hydrogen-bond donors (Lipinski definition) is 2. The van der Waals surface area contributed by atoms with Crippen LogP contribution in [0.25, 0.3) is 0 Å². The minimum Gasteiger partial charge on any atom is -0.477 e. The molecule has 0 spiro atoms. The maximum Gasteiger partial charge on any atom is 0.345 e. The summed E-state index contributed by atoms with van der Waals surface area (Å²) < 4.78 is 28.6. The number of halogens is 2. The molecule has 1 aromatic heterocycles. The minimum absolute atomic E-state index is 0.168. The van der Waals surface area contributed by atoms with E-state index in [2.05, 4.69) is 11.8 Å². The number of aliphatic hydroxyl groups is 1. The highest BCUT2D eigenvalue weighted by atomic mass is 32.1. The van der Waals surface area contributed by atoms with E-state index < -0.39 is 36.4 Å². The Labute approximate surface area is 208 Å². The van der Waals surface area contributed by atoms with Crippen LogP contribution in [0.15, 0.2) is 36.4 Å². The molecule has 1 amide bonds. The highest BCUT2D eigenvalue weighted by Crippen LogP contribution is 2.38. The number of aliphatic hydroxyl groups excluding tert-OH is 1. The molecular weight excluding hydrogens is 472 g/mol. The van der Waals surface area contributed by atoms with Gasteiger partial charge in [0.15, 0.2) is 0 Å². The standard InChI is InChI=1S/C27H31F2NO4S/c1-18-8-3-4-9-20(18)10-5-6-11-21(31)16-19(2)23-17-27(28,29)26(34)30(23)15-7-12-22-13-14-24(35-22)25(32)33/h3-4,8-9,13-14,19,21,23,31H,6-7,11-12,15-17H2,1-2H3,(H,32,33)/t19?,21-,23+/m0/s1. The maximum atomic E-state index is 14.3. The Bertz CT molecular complexity index is 1100. The molecule has 0 aliphatic carbocycles. The van der Waals surface area contributed by atoms with Gasteiger partial charge in [-0.15, -0.1) is 11.3 Å². The van der Waals surface area contributed by atoms with E-state index in [9.17, 15) is 23.5 Å². The predicted octanol–water partition coefficient (Wildman–Crippen LogP) is 5.14. The summed E-state index contributed by atoms with van der Waals surface area (Å²) >= 11 is 1.15. The molecule has 1 aliphatic rings. The van der Waals surface area contributed by atoms with Crippen LogP contribution < -0.4 is 0 Å². The summed E-state index contributed by atoms with van der Waals surface area (Å²) in [6.07, 6.45) is 0.967. The molecule has 2 N–H and O–H groups in total. The van der Waals surface area contributed by atoms with Gasteiger partial charge in [-0.3, -0.25) is 4.79 Å². The second-order valence-electron chi connectivity index (χ2n) is 9.17. The SMILES string of the molecule is Cc1ccccc1C#CCC[C@H](O)CC(C)[C@H]1CC(F)(F)C(=O)N1CCCc1ccc(C(=O)O)s1. The lowest BCUT2D eigenvalue weighted by Gasteiger charge is -2.30. The summed E-state index contributed by atoms with van der Waals surface area (Å²) in [6.45, 7) is 3.95. The largest absolute Gasteiger partial charge is 0.477 e. The molecule has 0 radical (unpaired) electrons. The fourth-order valence-electron chi connectivity index (χ4n) is 4.46. The highest BCUT2D eigenvalue weighted by Gasteiger charge is 2.54. The summed E-state index contributed by atoms with van der Waals surface area (Å²) in [4.78, 5) is 25.7. The van der Waals surface area contributed by atoms with Crippen LogP contribution in [-0.2, 0) is 11.2 Å². The minimum atomic E-state index is -3.40. The molecule has 2 heterocycles. The van der Waals surface area contributed by atoms with Crippen molar-refractivity contribution in [1.82, 2.24) is 4.90 Å². The topological polar surface area (TPSA) is 77.8 Å². The van der Waals surface area contributed by atoms with Gasteiger partial charge in [-0.25, -0.2) is 4.79 Å². The number of carbonyl (C=O) groups is 2. The molecule has 3 atom stereocenters. The van der Waals surface area contributed by atoms with Crippen molar-refractivity contribution >= 4 is 23.2 Å². The fraction of sp³-hybridized carbons (Fsp3) is 0.481. The van der Waals surface area contributed by atoms with Crippen molar-refractivity contribution in [3.8, 4) is 11.8 Å². The first-order valence-electron chi connectivity index (χ1n) is 11.8. The number of nitrogens with zero attached hydrogens (tertiary/aromatic N) is 1. The molecule has 2 aromatic rings. The van der Waals surface area contributed by atoms with Gasteiger partial charge in [0.2, 0.25) is 0 Å². The first-order chi connectivity index (χ1) is 16.6. The zero-order valence-corrected chi connectivity index (χ0v) is 20.8. The van der Waals surface area contributed by atoms with Crippen LogP contribution in [0.2, 0.25) is 0 Å². The van der Waals surface area contributed by atoms with Gasteiger partial charge < -0.3 is 15.1 Å². The lowest BCUT2D eigenvalue weighted by Crippen LogP contribution is -2.40. The third kappa shape index (κ3) is 7.12. The second-order valence-corrected chi connectivity index (χ2v) is 10.3. The molecule has 1 unspecified atom stereocenters. The van der Waals surface area contributed by atoms with Crippen molar-refractivity contribution in [2.24, 2.45) is 5.92 Å². The first kappa shape index (κ1) is 26.8. The van der Waals surface area contributed by atoms with E-state index in [0.29, 0.717) is 32.1 Å². The van der Waals surface area contributed by atoms with Gasteiger partial charge in [0.25, 0.3) is 5.91 Å². The Morgan fingerprint density at radius 2 is 2.03 bits per heavy atom. The van der Waals surface area contributed by atoms with Gasteiger partial charge >= 0.3 is 11.9 Å². The summed E-state index contributed by atoms with van der Waals surface area (Å²) in [7, 11) is 0. The number of aromatic carboxylic acids is 1. The number of alkyl halides is 2. The molecule has 0 saturated carbocycles.